The quantitative estimate of drug-likeness (QED) is 0.463. The van der Waals surface area contributed by atoms with Gasteiger partial charge in [0.05, 0.1) is 7.11 Å². The molecule has 0 aliphatic carbocycles. The van der Waals surface area contributed by atoms with Crippen molar-refractivity contribution in [2.75, 3.05) is 17.7 Å². The van der Waals surface area contributed by atoms with Crippen molar-refractivity contribution < 1.29 is 23.6 Å². The minimum atomic E-state index is -0.799. The predicted octanol–water partition coefficient (Wildman–Crippen LogP) is 4.22. The highest BCUT2D eigenvalue weighted by Gasteiger charge is 2.27. The summed E-state index contributed by atoms with van der Waals surface area (Å²) in [6.45, 7) is 5.56. The number of aromatic nitrogens is 1. The van der Waals surface area contributed by atoms with Gasteiger partial charge in [-0.1, -0.05) is 48.8 Å². The number of amides is 3. The van der Waals surface area contributed by atoms with Gasteiger partial charge in [-0.3, -0.25) is 4.79 Å². The molecule has 2 aromatic carbocycles. The Morgan fingerprint density at radius 2 is 1.52 bits per heavy atom. The van der Waals surface area contributed by atoms with Crippen LogP contribution in [-0.4, -0.2) is 36.2 Å². The Morgan fingerprint density at radius 3 is 2.06 bits per heavy atom. The number of benzene rings is 2. The number of carbonyl (C=O) groups excluding carboxylic acids is 3. The largest absolute Gasteiger partial charge is 0.467 e. The Hall–Kier alpha value is -4.14. The summed E-state index contributed by atoms with van der Waals surface area (Å²) in [5.74, 6) is -1.29. The molecule has 0 aliphatic rings. The van der Waals surface area contributed by atoms with Crippen LogP contribution in [0.1, 0.15) is 30.0 Å². The number of urea groups is 1. The van der Waals surface area contributed by atoms with Crippen molar-refractivity contribution in [1.82, 2.24) is 10.5 Å². The number of nitrogens with one attached hydrogen (secondary N) is 3. The zero-order chi connectivity index (χ0) is 24.0. The molecule has 0 saturated carbocycles. The topological polar surface area (TPSA) is 123 Å². The Balaban J connectivity index is 1.62. The van der Waals surface area contributed by atoms with E-state index in [4.69, 9.17) is 9.26 Å². The highest BCUT2D eigenvalue weighted by Crippen LogP contribution is 2.22. The molecule has 1 heterocycles. The number of carbonyl (C=O) groups is 3. The van der Waals surface area contributed by atoms with Gasteiger partial charge >= 0.3 is 12.0 Å². The molecule has 3 rings (SSSR count). The first-order valence-corrected chi connectivity index (χ1v) is 10.4. The fourth-order valence-electron chi connectivity index (χ4n) is 3.01. The zero-order valence-corrected chi connectivity index (χ0v) is 18.8. The van der Waals surface area contributed by atoms with Crippen LogP contribution in [0.2, 0.25) is 0 Å². The number of anilines is 2. The summed E-state index contributed by atoms with van der Waals surface area (Å²) < 4.78 is 9.88. The second-order valence-corrected chi connectivity index (χ2v) is 7.82. The molecule has 1 aromatic heterocycles. The van der Waals surface area contributed by atoms with Crippen LogP contribution in [0.15, 0.2) is 59.1 Å². The van der Waals surface area contributed by atoms with Gasteiger partial charge in [-0.25, -0.2) is 9.59 Å². The van der Waals surface area contributed by atoms with Crippen molar-refractivity contribution in [2.45, 2.75) is 26.8 Å². The number of methoxy groups -OCH3 is 1. The van der Waals surface area contributed by atoms with Gasteiger partial charge in [-0.2, -0.15) is 0 Å². The molecular weight excluding hydrogens is 424 g/mol. The molecule has 0 spiro atoms. The minimum absolute atomic E-state index is 0.0285. The number of hydrogen-bond donors (Lipinski definition) is 3. The molecule has 3 aromatic rings. The van der Waals surface area contributed by atoms with Crippen LogP contribution in [0.5, 0.6) is 0 Å². The molecule has 0 saturated heterocycles. The molecule has 33 heavy (non-hydrogen) atoms. The van der Waals surface area contributed by atoms with Crippen LogP contribution < -0.4 is 16.0 Å². The van der Waals surface area contributed by atoms with Gasteiger partial charge in [0.25, 0.3) is 5.91 Å². The fourth-order valence-corrected chi connectivity index (χ4v) is 3.01. The number of rotatable bonds is 7. The van der Waals surface area contributed by atoms with Crippen molar-refractivity contribution in [1.29, 1.82) is 0 Å². The fraction of sp³-hybridized carbons (Fsp3) is 0.250. The van der Waals surface area contributed by atoms with Crippen LogP contribution in [0.3, 0.4) is 0 Å². The summed E-state index contributed by atoms with van der Waals surface area (Å²) in [6, 6.07) is 14.7. The van der Waals surface area contributed by atoms with Gasteiger partial charge in [0.15, 0.2) is 0 Å². The minimum Gasteiger partial charge on any atom is -0.467 e. The molecule has 3 amide bonds. The number of aryl methyl sites for hydroxylation is 1. The lowest BCUT2D eigenvalue weighted by molar-refractivity contribution is -0.144. The SMILES string of the molecule is COC(=O)C(NC(=O)c1cc(-c2ccc(NC(=O)Nc3ccc(C)cc3)cc2)no1)C(C)C. The molecule has 9 heteroatoms. The summed E-state index contributed by atoms with van der Waals surface area (Å²) in [5, 5.41) is 12.0. The maximum atomic E-state index is 12.5. The average Bonchev–Trinajstić information content (AvgIpc) is 3.29. The van der Waals surface area contributed by atoms with Crippen molar-refractivity contribution >= 4 is 29.3 Å². The van der Waals surface area contributed by atoms with E-state index in [1.807, 2.05) is 31.2 Å². The van der Waals surface area contributed by atoms with E-state index in [1.165, 1.54) is 13.2 Å². The molecule has 172 valence electrons. The third kappa shape index (κ3) is 6.19. The van der Waals surface area contributed by atoms with E-state index in [-0.39, 0.29) is 17.7 Å². The highest BCUT2D eigenvalue weighted by molar-refractivity contribution is 6.00. The smallest absolute Gasteiger partial charge is 0.328 e. The lowest BCUT2D eigenvalue weighted by Crippen LogP contribution is -2.44. The molecule has 0 bridgehead atoms. The number of nitrogens with zero attached hydrogens (tertiary/aromatic N) is 1. The van der Waals surface area contributed by atoms with E-state index in [0.717, 1.165) is 5.56 Å². The summed E-state index contributed by atoms with van der Waals surface area (Å²) >= 11 is 0. The third-order valence-electron chi connectivity index (χ3n) is 4.89. The van der Waals surface area contributed by atoms with Crippen LogP contribution in [0.4, 0.5) is 16.2 Å². The van der Waals surface area contributed by atoms with E-state index in [0.29, 0.717) is 22.6 Å². The standard InChI is InChI=1S/C24H26N4O5/c1-14(2)21(23(30)32-4)27-22(29)20-13-19(28-33-20)16-7-11-18(12-8-16)26-24(31)25-17-9-5-15(3)6-10-17/h5-14,21H,1-4H3,(H,27,29)(H2,25,26,31). The normalized spacial score (nSPS) is 11.5. The molecule has 0 fully saturated rings. The molecule has 0 radical (unpaired) electrons. The third-order valence-corrected chi connectivity index (χ3v) is 4.89. The zero-order valence-electron chi connectivity index (χ0n) is 18.8. The van der Waals surface area contributed by atoms with Gasteiger partial charge < -0.3 is 25.2 Å². The van der Waals surface area contributed by atoms with E-state index in [1.54, 1.807) is 38.1 Å². The Labute approximate surface area is 191 Å². The molecule has 9 nitrogen and oxygen atoms in total. The van der Waals surface area contributed by atoms with Gasteiger partial charge in [-0.05, 0) is 37.1 Å². The number of esters is 1. The Kier molecular flexibility index (Phi) is 7.45. The number of hydrogen-bond acceptors (Lipinski definition) is 6. The first kappa shape index (κ1) is 23.5. The van der Waals surface area contributed by atoms with E-state index < -0.39 is 17.9 Å². The Bertz CT molecular complexity index is 1120. The predicted molar refractivity (Wildman–Crippen MR) is 124 cm³/mol. The first-order chi connectivity index (χ1) is 15.8. The molecule has 0 aliphatic heterocycles. The monoisotopic (exact) mass is 450 g/mol. The van der Waals surface area contributed by atoms with Crippen LogP contribution in [-0.2, 0) is 9.53 Å². The first-order valence-electron chi connectivity index (χ1n) is 10.4. The van der Waals surface area contributed by atoms with Crippen molar-refractivity contribution in [3.8, 4) is 11.3 Å². The van der Waals surface area contributed by atoms with Crippen LogP contribution in [0, 0.1) is 12.8 Å². The average molecular weight is 450 g/mol. The number of ether oxygens (including phenoxy) is 1. The Morgan fingerprint density at radius 1 is 0.939 bits per heavy atom. The highest BCUT2D eigenvalue weighted by atomic mass is 16.5. The summed E-state index contributed by atoms with van der Waals surface area (Å²) in [7, 11) is 1.26. The van der Waals surface area contributed by atoms with Crippen molar-refractivity contribution in [3.05, 3.63) is 65.9 Å². The lowest BCUT2D eigenvalue weighted by Gasteiger charge is -2.18. The van der Waals surface area contributed by atoms with E-state index in [9.17, 15) is 14.4 Å². The molecule has 3 N–H and O–H groups in total. The van der Waals surface area contributed by atoms with Gasteiger partial charge in [0, 0.05) is 23.0 Å². The molecule has 1 unspecified atom stereocenters. The molecule has 1 atom stereocenters. The summed E-state index contributed by atoms with van der Waals surface area (Å²) in [6.07, 6.45) is 0. The van der Waals surface area contributed by atoms with Gasteiger partial charge in [0.2, 0.25) is 5.76 Å². The van der Waals surface area contributed by atoms with Crippen LogP contribution >= 0.6 is 0 Å². The van der Waals surface area contributed by atoms with Crippen molar-refractivity contribution in [3.63, 3.8) is 0 Å². The van der Waals surface area contributed by atoms with Crippen molar-refractivity contribution in [2.24, 2.45) is 5.92 Å². The maximum Gasteiger partial charge on any atom is 0.328 e. The molecular formula is C24H26N4O5. The summed E-state index contributed by atoms with van der Waals surface area (Å²) in [4.78, 5) is 36.5. The van der Waals surface area contributed by atoms with E-state index in [2.05, 4.69) is 21.1 Å². The maximum absolute atomic E-state index is 12.5. The second kappa shape index (κ2) is 10.4. The van der Waals surface area contributed by atoms with Crippen LogP contribution in [0.25, 0.3) is 11.3 Å². The second-order valence-electron chi connectivity index (χ2n) is 7.82. The summed E-state index contributed by atoms with van der Waals surface area (Å²) in [5.41, 5.74) is 3.51. The van der Waals surface area contributed by atoms with Gasteiger partial charge in [-0.15, -0.1) is 0 Å². The van der Waals surface area contributed by atoms with Gasteiger partial charge in [0.1, 0.15) is 11.7 Å². The van der Waals surface area contributed by atoms with E-state index >= 15 is 0 Å². The lowest BCUT2D eigenvalue weighted by atomic mass is 10.0.